The van der Waals surface area contributed by atoms with Crippen LogP contribution in [0.3, 0.4) is 0 Å². The Morgan fingerprint density at radius 3 is 2.15 bits per heavy atom. The van der Waals surface area contributed by atoms with Crippen LogP contribution in [0.5, 0.6) is 0 Å². The maximum Gasteiger partial charge on any atom is 0.421 e. The van der Waals surface area contributed by atoms with Crippen molar-refractivity contribution in [1.29, 1.82) is 0 Å². The Morgan fingerprint density at radius 2 is 1.59 bits per heavy atom. The number of amides is 1. The van der Waals surface area contributed by atoms with E-state index >= 15 is 0 Å². The molecule has 9 nitrogen and oxygen atoms in total. The van der Waals surface area contributed by atoms with Crippen molar-refractivity contribution in [2.45, 2.75) is 23.5 Å². The van der Waals surface area contributed by atoms with E-state index in [0.717, 1.165) is 29.8 Å². The van der Waals surface area contributed by atoms with Crippen LogP contribution in [0, 0.1) is 6.92 Å². The van der Waals surface area contributed by atoms with E-state index < -0.39 is 55.2 Å². The van der Waals surface area contributed by atoms with Crippen molar-refractivity contribution in [3.63, 3.8) is 0 Å². The van der Waals surface area contributed by atoms with Gasteiger partial charge in [-0.1, -0.05) is 29.3 Å². The van der Waals surface area contributed by atoms with E-state index in [4.69, 9.17) is 11.6 Å². The predicted octanol–water partition coefficient (Wildman–Crippen LogP) is 2.18. The predicted molar refractivity (Wildman–Crippen MR) is 116 cm³/mol. The number of halogens is 4. The van der Waals surface area contributed by atoms with Crippen molar-refractivity contribution >= 4 is 33.3 Å². The second-order valence-corrected chi connectivity index (χ2v) is 9.53. The van der Waals surface area contributed by atoms with Crippen molar-refractivity contribution in [3.8, 4) is 5.69 Å². The summed E-state index contributed by atoms with van der Waals surface area (Å²) < 4.78 is 71.2. The molecule has 1 atom stereocenters. The fraction of sp³-hybridized carbons (Fsp3) is 0.150. The number of aryl methyl sites for hydroxylation is 1. The van der Waals surface area contributed by atoms with Gasteiger partial charge in [0.05, 0.1) is 16.1 Å². The van der Waals surface area contributed by atoms with Crippen LogP contribution in [0.2, 0.25) is 5.02 Å². The Bertz CT molecular complexity index is 1530. The number of benzene rings is 2. The molecule has 14 heteroatoms. The summed E-state index contributed by atoms with van der Waals surface area (Å²) in [4.78, 5) is 39.1. The highest BCUT2D eigenvalue weighted by molar-refractivity contribution is 7.89. The molecule has 1 aliphatic heterocycles. The summed E-state index contributed by atoms with van der Waals surface area (Å²) in [6.45, 7) is 1.73. The number of aromatic nitrogens is 2. The molecule has 2 aromatic carbocycles. The van der Waals surface area contributed by atoms with Crippen LogP contribution < -0.4 is 21.3 Å². The van der Waals surface area contributed by atoms with Gasteiger partial charge in [0, 0.05) is 5.02 Å². The van der Waals surface area contributed by atoms with E-state index in [9.17, 15) is 36.0 Å². The molecule has 0 saturated heterocycles. The number of nitrogens with zero attached hydrogens (tertiary/aromatic N) is 1. The molecule has 0 fully saturated rings. The van der Waals surface area contributed by atoms with Crippen molar-refractivity contribution in [1.82, 2.24) is 14.3 Å². The van der Waals surface area contributed by atoms with Crippen molar-refractivity contribution in [2.24, 2.45) is 0 Å². The highest BCUT2D eigenvalue weighted by Crippen LogP contribution is 2.46. The first-order valence-corrected chi connectivity index (χ1v) is 11.3. The molecule has 0 aliphatic carbocycles. The van der Waals surface area contributed by atoms with E-state index in [-0.39, 0.29) is 10.7 Å². The normalized spacial score (nSPS) is 18.0. The van der Waals surface area contributed by atoms with Gasteiger partial charge in [0.15, 0.2) is 0 Å². The number of fused-ring (bicyclic) bond motifs is 1. The number of hydrogen-bond acceptors (Lipinski definition) is 5. The second-order valence-electron chi connectivity index (χ2n) is 7.42. The van der Waals surface area contributed by atoms with Crippen LogP contribution in [0.15, 0.2) is 63.0 Å². The molecule has 1 aromatic heterocycles. The molecule has 0 radical (unpaired) electrons. The van der Waals surface area contributed by atoms with E-state index in [1.54, 1.807) is 24.0 Å². The Labute approximate surface area is 194 Å². The lowest BCUT2D eigenvalue weighted by atomic mass is 9.93. The molecule has 4 rings (SSSR count). The molecule has 34 heavy (non-hydrogen) atoms. The molecule has 178 valence electrons. The van der Waals surface area contributed by atoms with Gasteiger partial charge in [0.25, 0.3) is 11.5 Å². The first kappa shape index (κ1) is 23.7. The third kappa shape index (κ3) is 3.61. The number of carbonyl (C=O) groups is 1. The Balaban J connectivity index is 2.01. The molecular weight excluding hydrogens is 501 g/mol. The zero-order valence-electron chi connectivity index (χ0n) is 17.0. The van der Waals surface area contributed by atoms with Gasteiger partial charge in [-0.3, -0.25) is 14.6 Å². The number of rotatable bonds is 4. The molecular formula is C20H14ClF3N4O5S. The molecule has 0 saturated carbocycles. The van der Waals surface area contributed by atoms with Gasteiger partial charge in [0.1, 0.15) is 5.82 Å². The van der Waals surface area contributed by atoms with E-state index in [0.29, 0.717) is 4.57 Å². The number of nitrogens with one attached hydrogen (secondary N) is 3. The fourth-order valence-electron chi connectivity index (χ4n) is 3.56. The zero-order chi connectivity index (χ0) is 25.1. The molecule has 0 unspecified atom stereocenters. The van der Waals surface area contributed by atoms with Crippen molar-refractivity contribution < 1.29 is 26.4 Å². The van der Waals surface area contributed by atoms with Gasteiger partial charge in [0.2, 0.25) is 15.6 Å². The minimum absolute atomic E-state index is 0.0296. The second kappa shape index (κ2) is 7.82. The van der Waals surface area contributed by atoms with Gasteiger partial charge in [-0.15, -0.1) is 0 Å². The van der Waals surface area contributed by atoms with Crippen LogP contribution in [0.4, 0.5) is 19.0 Å². The summed E-state index contributed by atoms with van der Waals surface area (Å²) in [5.74, 6) is -2.71. The molecule has 1 amide bonds. The summed E-state index contributed by atoms with van der Waals surface area (Å²) in [5.41, 5.74) is -7.26. The summed E-state index contributed by atoms with van der Waals surface area (Å²) >= 11 is 5.71. The van der Waals surface area contributed by atoms with Crippen molar-refractivity contribution in [3.05, 3.63) is 85.5 Å². The third-order valence-electron chi connectivity index (χ3n) is 5.19. The summed E-state index contributed by atoms with van der Waals surface area (Å²) in [6, 6.07) is 9.98. The summed E-state index contributed by atoms with van der Waals surface area (Å²) in [5, 5.41) is 1.99. The molecule has 0 bridgehead atoms. The van der Waals surface area contributed by atoms with E-state index in [1.807, 2.05) is 5.32 Å². The lowest BCUT2D eigenvalue weighted by molar-refractivity contribution is -0.194. The van der Waals surface area contributed by atoms with Gasteiger partial charge in [-0.2, -0.15) is 17.9 Å². The Morgan fingerprint density at radius 1 is 1.00 bits per heavy atom. The van der Waals surface area contributed by atoms with E-state index in [2.05, 4.69) is 0 Å². The number of alkyl halides is 3. The quantitative estimate of drug-likeness (QED) is 0.491. The first-order valence-electron chi connectivity index (χ1n) is 9.42. The van der Waals surface area contributed by atoms with Gasteiger partial charge < -0.3 is 5.32 Å². The number of H-pyrrole nitrogens is 1. The number of aromatic amines is 1. The number of sulfonamides is 1. The van der Waals surface area contributed by atoms with E-state index in [1.165, 1.54) is 16.9 Å². The van der Waals surface area contributed by atoms with Crippen LogP contribution in [-0.2, 0) is 20.4 Å². The molecule has 3 N–H and O–H groups in total. The largest absolute Gasteiger partial charge is 0.421 e. The molecule has 1 aliphatic rings. The lowest BCUT2D eigenvalue weighted by Crippen LogP contribution is -2.61. The third-order valence-corrected chi connectivity index (χ3v) is 6.91. The smallest absolute Gasteiger partial charge is 0.309 e. The van der Waals surface area contributed by atoms with Gasteiger partial charge >= 0.3 is 11.9 Å². The lowest BCUT2D eigenvalue weighted by Gasteiger charge is -2.29. The SMILES string of the molecule is Cc1ccc(-n2c3c(c(=O)[nH]c2=O)[C@](NS(=O)(=O)c2ccc(Cl)cc2)(C(F)(F)F)C(=O)N3)cc1. The Hall–Kier alpha value is -3.42. The van der Waals surface area contributed by atoms with Crippen LogP contribution in [-0.4, -0.2) is 30.1 Å². The first-order chi connectivity index (χ1) is 15.8. The summed E-state index contributed by atoms with van der Waals surface area (Å²) in [6.07, 6.45) is -5.62. The average molecular weight is 515 g/mol. The van der Waals surface area contributed by atoms with Crippen molar-refractivity contribution in [2.75, 3.05) is 5.32 Å². The van der Waals surface area contributed by atoms with Gasteiger partial charge in [-0.25, -0.2) is 17.8 Å². The molecule has 3 aromatic rings. The Kier molecular flexibility index (Phi) is 5.46. The maximum atomic E-state index is 14.5. The van der Waals surface area contributed by atoms with Crippen LogP contribution in [0.25, 0.3) is 5.69 Å². The van der Waals surface area contributed by atoms with Gasteiger partial charge in [-0.05, 0) is 43.3 Å². The molecule has 2 heterocycles. The average Bonchev–Trinajstić information content (AvgIpc) is 3.02. The molecule has 0 spiro atoms. The fourth-order valence-corrected chi connectivity index (χ4v) is 5.01. The number of carbonyl (C=O) groups excluding carboxylic acids is 1. The topological polar surface area (TPSA) is 130 Å². The number of anilines is 1. The minimum Gasteiger partial charge on any atom is -0.309 e. The van der Waals surface area contributed by atoms with Crippen LogP contribution in [0.1, 0.15) is 11.1 Å². The number of hydrogen-bond donors (Lipinski definition) is 3. The summed E-state index contributed by atoms with van der Waals surface area (Å²) in [7, 11) is -5.02. The standard InChI is InChI=1S/C20H14ClF3N4O5S/c1-10-2-6-12(7-3-10)28-15-14(16(29)26-18(28)31)19(17(30)25-15,20(22,23)24)27-34(32,33)13-8-4-11(21)5-9-13/h2-9,27H,1H3,(H,25,30)(H,26,29,31)/t19-/m1/s1. The maximum absolute atomic E-state index is 14.5. The van der Waals surface area contributed by atoms with Crippen LogP contribution >= 0.6 is 11.6 Å². The minimum atomic E-state index is -5.62. The monoisotopic (exact) mass is 514 g/mol. The zero-order valence-corrected chi connectivity index (χ0v) is 18.6. The highest BCUT2D eigenvalue weighted by Gasteiger charge is 2.69. The highest BCUT2D eigenvalue weighted by atomic mass is 35.5.